The number of alkyl halides is 6. The summed E-state index contributed by atoms with van der Waals surface area (Å²) in [6.07, 6.45) is -5.04. The van der Waals surface area contributed by atoms with Gasteiger partial charge >= 0.3 is 12.4 Å². The van der Waals surface area contributed by atoms with Gasteiger partial charge in [0.1, 0.15) is 11.5 Å². The first kappa shape index (κ1) is 32.2. The zero-order valence-electron chi connectivity index (χ0n) is 25.0. The monoisotopic (exact) mass is 650 g/mol. The van der Waals surface area contributed by atoms with E-state index in [-0.39, 0.29) is 18.1 Å². The summed E-state index contributed by atoms with van der Waals surface area (Å²) in [6, 6.07) is 6.15. The Bertz CT molecular complexity index is 1670. The van der Waals surface area contributed by atoms with E-state index in [2.05, 4.69) is 32.1 Å². The highest BCUT2D eigenvalue weighted by molar-refractivity contribution is 5.94. The maximum atomic E-state index is 15.7. The topological polar surface area (TPSA) is 69.5 Å². The maximum absolute atomic E-state index is 15.7. The molecule has 6 rings (SSSR count). The summed E-state index contributed by atoms with van der Waals surface area (Å²) in [5, 5.41) is 13.1. The molecule has 0 unspecified atom stereocenters. The van der Waals surface area contributed by atoms with Gasteiger partial charge in [0, 0.05) is 73.4 Å². The molecule has 0 spiro atoms. The third-order valence-electron chi connectivity index (χ3n) is 8.80. The first-order chi connectivity index (χ1) is 21.7. The number of hydrogen-bond donors (Lipinski definition) is 2. The van der Waals surface area contributed by atoms with Crippen molar-refractivity contribution >= 4 is 22.7 Å². The molecule has 0 radical (unpaired) electrons. The zero-order chi connectivity index (χ0) is 32.8. The molecule has 2 aromatic carbocycles. The van der Waals surface area contributed by atoms with Crippen molar-refractivity contribution in [3.8, 4) is 11.1 Å². The van der Waals surface area contributed by atoms with Crippen molar-refractivity contribution < 1.29 is 35.8 Å². The minimum Gasteiger partial charge on any atom is -0.393 e. The maximum Gasteiger partial charge on any atom is 0.416 e. The lowest BCUT2D eigenvalue weighted by Crippen LogP contribution is -2.43. The number of fused-ring (bicyclic) bond motifs is 1. The molecule has 2 fully saturated rings. The standard InChI is InChI=1S/C32H33F7N6O/c1-43-8-10-44(11-9-43)17-19-2-7-25(28(33)12-19)27-18-45(23-3-5-24(46)6-4-23)29-26(27)16-40-30(42-29)41-22-14-20(31(34,35)36)13-21(15-22)32(37,38)39/h2,7,12-16,18,23-24,46H,3-6,8-11,17H2,1H3,(H,40,41,42). The molecule has 0 bridgehead atoms. The van der Waals surface area contributed by atoms with Crippen LogP contribution in [0.5, 0.6) is 0 Å². The van der Waals surface area contributed by atoms with Crippen LogP contribution in [-0.2, 0) is 18.9 Å². The molecule has 46 heavy (non-hydrogen) atoms. The van der Waals surface area contributed by atoms with Gasteiger partial charge in [-0.3, -0.25) is 4.90 Å². The lowest BCUT2D eigenvalue weighted by Gasteiger charge is -2.32. The van der Waals surface area contributed by atoms with Gasteiger partial charge < -0.3 is 19.9 Å². The van der Waals surface area contributed by atoms with Crippen molar-refractivity contribution in [1.82, 2.24) is 24.3 Å². The van der Waals surface area contributed by atoms with Gasteiger partial charge in [-0.1, -0.05) is 12.1 Å². The van der Waals surface area contributed by atoms with E-state index in [1.54, 1.807) is 12.3 Å². The summed E-state index contributed by atoms with van der Waals surface area (Å²) in [4.78, 5) is 13.2. The first-order valence-electron chi connectivity index (χ1n) is 15.1. The van der Waals surface area contributed by atoms with E-state index < -0.39 is 41.1 Å². The van der Waals surface area contributed by atoms with E-state index in [1.165, 1.54) is 12.3 Å². The van der Waals surface area contributed by atoms with E-state index in [1.807, 2.05) is 10.6 Å². The molecule has 1 saturated carbocycles. The summed E-state index contributed by atoms with van der Waals surface area (Å²) in [5.74, 6) is -0.653. The number of aliphatic hydroxyl groups excluding tert-OH is 1. The lowest BCUT2D eigenvalue weighted by molar-refractivity contribution is -0.143. The van der Waals surface area contributed by atoms with Gasteiger partial charge in [-0.2, -0.15) is 31.3 Å². The van der Waals surface area contributed by atoms with E-state index in [0.29, 0.717) is 66.5 Å². The van der Waals surface area contributed by atoms with Crippen LogP contribution in [0.15, 0.2) is 48.8 Å². The number of halogens is 7. The highest BCUT2D eigenvalue weighted by Crippen LogP contribution is 2.40. The van der Waals surface area contributed by atoms with Crippen LogP contribution in [0.3, 0.4) is 0 Å². The summed E-state index contributed by atoms with van der Waals surface area (Å²) in [7, 11) is 2.06. The van der Waals surface area contributed by atoms with Crippen LogP contribution in [-0.4, -0.2) is 68.8 Å². The Balaban J connectivity index is 1.36. The molecule has 7 nitrogen and oxygen atoms in total. The highest BCUT2D eigenvalue weighted by Gasteiger charge is 2.37. The number of piperazine rings is 1. The minimum absolute atomic E-state index is 0.0507. The fraction of sp³-hybridized carbons (Fsp3) is 0.438. The molecular formula is C32H33F7N6O. The highest BCUT2D eigenvalue weighted by atomic mass is 19.4. The van der Waals surface area contributed by atoms with Crippen molar-refractivity contribution in [1.29, 1.82) is 0 Å². The summed E-state index contributed by atoms with van der Waals surface area (Å²) in [5.41, 5.74) is -1.42. The van der Waals surface area contributed by atoms with Crippen LogP contribution in [0.25, 0.3) is 22.2 Å². The van der Waals surface area contributed by atoms with Crippen molar-refractivity contribution in [3.05, 3.63) is 71.3 Å². The van der Waals surface area contributed by atoms with E-state index in [4.69, 9.17) is 0 Å². The molecule has 2 aromatic heterocycles. The molecular weight excluding hydrogens is 617 g/mol. The van der Waals surface area contributed by atoms with Gasteiger partial charge in [0.05, 0.1) is 17.2 Å². The molecule has 0 atom stereocenters. The Morgan fingerprint density at radius 1 is 0.870 bits per heavy atom. The molecule has 1 aliphatic carbocycles. The molecule has 0 amide bonds. The van der Waals surface area contributed by atoms with Crippen LogP contribution >= 0.6 is 0 Å². The predicted molar refractivity (Wildman–Crippen MR) is 159 cm³/mol. The van der Waals surface area contributed by atoms with E-state index >= 15 is 4.39 Å². The van der Waals surface area contributed by atoms with Crippen LogP contribution in [0.4, 0.5) is 42.4 Å². The second-order valence-corrected chi connectivity index (χ2v) is 12.2. The molecule has 14 heteroatoms. The Morgan fingerprint density at radius 2 is 1.52 bits per heavy atom. The largest absolute Gasteiger partial charge is 0.416 e. The van der Waals surface area contributed by atoms with Crippen LogP contribution in [0.1, 0.15) is 48.4 Å². The Hall–Kier alpha value is -3.75. The fourth-order valence-corrected chi connectivity index (χ4v) is 6.21. The van der Waals surface area contributed by atoms with Crippen molar-refractivity contribution in [3.63, 3.8) is 0 Å². The second-order valence-electron chi connectivity index (χ2n) is 12.2. The van der Waals surface area contributed by atoms with Gasteiger partial charge in [0.2, 0.25) is 5.95 Å². The molecule has 3 heterocycles. The third-order valence-corrected chi connectivity index (χ3v) is 8.80. The molecule has 246 valence electrons. The summed E-state index contributed by atoms with van der Waals surface area (Å²) < 4.78 is 98.2. The molecule has 1 saturated heterocycles. The summed E-state index contributed by atoms with van der Waals surface area (Å²) in [6.45, 7) is 4.25. The average molecular weight is 651 g/mol. The Kier molecular flexibility index (Phi) is 8.72. The third kappa shape index (κ3) is 6.98. The van der Waals surface area contributed by atoms with Crippen LogP contribution in [0, 0.1) is 5.82 Å². The number of benzene rings is 2. The minimum atomic E-state index is -5.01. The number of nitrogens with zero attached hydrogens (tertiary/aromatic N) is 5. The Morgan fingerprint density at radius 3 is 2.13 bits per heavy atom. The van der Waals surface area contributed by atoms with Gasteiger partial charge in [-0.25, -0.2) is 9.37 Å². The summed E-state index contributed by atoms with van der Waals surface area (Å²) >= 11 is 0. The predicted octanol–water partition coefficient (Wildman–Crippen LogP) is 7.24. The normalized spacial score (nSPS) is 20.4. The van der Waals surface area contributed by atoms with E-state index in [0.717, 1.165) is 31.7 Å². The molecule has 2 N–H and O–H groups in total. The number of likely N-dealkylation sites (N-methyl/N-ethyl adjacent to an activating group) is 1. The molecule has 2 aliphatic rings. The smallest absolute Gasteiger partial charge is 0.393 e. The number of aliphatic hydroxyl groups is 1. The van der Waals surface area contributed by atoms with Crippen molar-refractivity contribution in [2.45, 2.75) is 56.7 Å². The van der Waals surface area contributed by atoms with Gasteiger partial charge in [-0.05, 0) is 62.6 Å². The number of nitrogens with one attached hydrogen (secondary N) is 1. The average Bonchev–Trinajstić information content (AvgIpc) is 3.36. The number of rotatable bonds is 6. The van der Waals surface area contributed by atoms with Crippen LogP contribution in [0.2, 0.25) is 0 Å². The van der Waals surface area contributed by atoms with Crippen molar-refractivity contribution in [2.24, 2.45) is 0 Å². The van der Waals surface area contributed by atoms with Gasteiger partial charge in [0.25, 0.3) is 0 Å². The van der Waals surface area contributed by atoms with Crippen LogP contribution < -0.4 is 5.32 Å². The van der Waals surface area contributed by atoms with Crippen molar-refractivity contribution in [2.75, 3.05) is 38.5 Å². The second kappa shape index (κ2) is 12.5. The van der Waals surface area contributed by atoms with Gasteiger partial charge in [-0.15, -0.1) is 0 Å². The number of anilines is 2. The molecule has 4 aromatic rings. The lowest BCUT2D eigenvalue weighted by atomic mass is 9.93. The molecule has 1 aliphatic heterocycles. The zero-order valence-corrected chi connectivity index (χ0v) is 25.0. The first-order valence-corrected chi connectivity index (χ1v) is 15.1. The van der Waals surface area contributed by atoms with E-state index in [9.17, 15) is 31.4 Å². The fourth-order valence-electron chi connectivity index (χ4n) is 6.21. The number of hydrogen-bond acceptors (Lipinski definition) is 6. The number of aromatic nitrogens is 3. The Labute approximate surface area is 260 Å². The SMILES string of the molecule is CN1CCN(Cc2ccc(-c3cn(C4CCC(O)CC4)c4nc(Nc5cc(C(F)(F)F)cc(C(F)(F)F)c5)ncc34)c(F)c2)CC1. The quantitative estimate of drug-likeness (QED) is 0.215. The van der Waals surface area contributed by atoms with Gasteiger partial charge in [0.15, 0.2) is 0 Å².